The Labute approximate surface area is 130 Å². The molecule has 3 rings (SSSR count). The van der Waals surface area contributed by atoms with Gasteiger partial charge in [0.25, 0.3) is 5.91 Å². The Hall–Kier alpha value is -2.43. The van der Waals surface area contributed by atoms with Crippen molar-refractivity contribution in [2.75, 3.05) is 16.8 Å². The Morgan fingerprint density at radius 2 is 2.05 bits per heavy atom. The highest BCUT2D eigenvalue weighted by atomic mass is 16.2. The van der Waals surface area contributed by atoms with Gasteiger partial charge in [-0.05, 0) is 31.4 Å². The number of carbonyl (C=O) groups is 1. The zero-order valence-electron chi connectivity index (χ0n) is 12.9. The van der Waals surface area contributed by atoms with Crippen LogP contribution in [0.2, 0.25) is 0 Å². The third kappa shape index (κ3) is 2.66. The number of anilines is 2. The van der Waals surface area contributed by atoms with Crippen LogP contribution in [-0.2, 0) is 6.42 Å². The molecular weight excluding hydrogens is 276 g/mol. The quantitative estimate of drug-likeness (QED) is 0.942. The van der Waals surface area contributed by atoms with Gasteiger partial charge in [0.15, 0.2) is 0 Å². The Bertz CT molecular complexity index is 669. The number of aromatic nitrogens is 2. The SMILES string of the molecule is CCCNc1ncc(C(=O)N2c3ccccc3CC2C)cn1. The van der Waals surface area contributed by atoms with Gasteiger partial charge in [0.1, 0.15) is 0 Å². The molecule has 0 saturated carbocycles. The fraction of sp³-hybridized carbons (Fsp3) is 0.353. The molecule has 1 unspecified atom stereocenters. The third-order valence-corrected chi connectivity index (χ3v) is 3.86. The van der Waals surface area contributed by atoms with Gasteiger partial charge < -0.3 is 10.2 Å². The predicted octanol–water partition coefficient (Wildman–Crippen LogP) is 2.89. The summed E-state index contributed by atoms with van der Waals surface area (Å²) in [5.41, 5.74) is 2.73. The van der Waals surface area contributed by atoms with Gasteiger partial charge in [0.2, 0.25) is 5.95 Å². The highest BCUT2D eigenvalue weighted by Gasteiger charge is 2.31. The number of benzene rings is 1. The molecule has 1 aromatic carbocycles. The summed E-state index contributed by atoms with van der Waals surface area (Å²) in [7, 11) is 0. The maximum atomic E-state index is 12.8. The molecule has 0 radical (unpaired) electrons. The fourth-order valence-electron chi connectivity index (χ4n) is 2.78. The first-order valence-electron chi connectivity index (χ1n) is 7.68. The number of nitrogens with one attached hydrogen (secondary N) is 1. The first-order valence-corrected chi connectivity index (χ1v) is 7.68. The number of carbonyl (C=O) groups excluding carboxylic acids is 1. The first-order chi connectivity index (χ1) is 10.7. The van der Waals surface area contributed by atoms with Crippen molar-refractivity contribution in [1.82, 2.24) is 9.97 Å². The highest BCUT2D eigenvalue weighted by molar-refractivity contribution is 6.07. The normalized spacial score (nSPS) is 16.5. The smallest absolute Gasteiger partial charge is 0.261 e. The first kappa shape index (κ1) is 14.5. The summed E-state index contributed by atoms with van der Waals surface area (Å²) in [5.74, 6) is 0.521. The maximum absolute atomic E-state index is 12.8. The van der Waals surface area contributed by atoms with Crippen molar-refractivity contribution in [1.29, 1.82) is 0 Å². The van der Waals surface area contributed by atoms with E-state index in [2.05, 4.69) is 35.2 Å². The van der Waals surface area contributed by atoms with Crippen molar-refractivity contribution < 1.29 is 4.79 Å². The van der Waals surface area contributed by atoms with Gasteiger partial charge >= 0.3 is 0 Å². The zero-order valence-corrected chi connectivity index (χ0v) is 12.9. The van der Waals surface area contributed by atoms with Crippen molar-refractivity contribution >= 4 is 17.5 Å². The molecule has 2 heterocycles. The van der Waals surface area contributed by atoms with E-state index in [-0.39, 0.29) is 11.9 Å². The number of amides is 1. The number of fused-ring (bicyclic) bond motifs is 1. The van der Waals surface area contributed by atoms with Crippen molar-refractivity contribution in [2.45, 2.75) is 32.7 Å². The molecule has 114 valence electrons. The van der Waals surface area contributed by atoms with Gasteiger partial charge in [0, 0.05) is 30.7 Å². The van der Waals surface area contributed by atoms with E-state index in [1.807, 2.05) is 23.1 Å². The van der Waals surface area contributed by atoms with Crippen LogP contribution in [0.4, 0.5) is 11.6 Å². The molecule has 1 aliphatic rings. The van der Waals surface area contributed by atoms with Crippen LogP contribution in [0.1, 0.15) is 36.2 Å². The minimum absolute atomic E-state index is 0.0421. The average Bonchev–Trinajstić information content (AvgIpc) is 2.88. The second-order valence-corrected chi connectivity index (χ2v) is 5.58. The van der Waals surface area contributed by atoms with Crippen molar-refractivity contribution in [3.05, 3.63) is 47.8 Å². The molecule has 0 bridgehead atoms. The summed E-state index contributed by atoms with van der Waals surface area (Å²) < 4.78 is 0. The van der Waals surface area contributed by atoms with Gasteiger partial charge in [0.05, 0.1) is 5.56 Å². The van der Waals surface area contributed by atoms with Crippen molar-refractivity contribution in [3.63, 3.8) is 0 Å². The van der Waals surface area contributed by atoms with Crippen molar-refractivity contribution in [2.24, 2.45) is 0 Å². The minimum Gasteiger partial charge on any atom is -0.354 e. The molecule has 0 saturated heterocycles. The van der Waals surface area contributed by atoms with Crippen LogP contribution in [0.5, 0.6) is 0 Å². The lowest BCUT2D eigenvalue weighted by molar-refractivity contribution is 0.0981. The summed E-state index contributed by atoms with van der Waals surface area (Å²) in [6.45, 7) is 4.97. The fourth-order valence-corrected chi connectivity index (χ4v) is 2.78. The molecule has 2 aromatic rings. The highest BCUT2D eigenvalue weighted by Crippen LogP contribution is 2.32. The van der Waals surface area contributed by atoms with E-state index < -0.39 is 0 Å². The van der Waals surface area contributed by atoms with E-state index in [9.17, 15) is 4.79 Å². The molecule has 0 fully saturated rings. The van der Waals surface area contributed by atoms with Gasteiger partial charge in [-0.3, -0.25) is 4.79 Å². The molecule has 1 amide bonds. The number of nitrogens with zero attached hydrogens (tertiary/aromatic N) is 3. The van der Waals surface area contributed by atoms with E-state index in [0.717, 1.165) is 25.1 Å². The van der Waals surface area contributed by atoms with Gasteiger partial charge in [-0.25, -0.2) is 9.97 Å². The predicted molar refractivity (Wildman–Crippen MR) is 87.2 cm³/mol. The Morgan fingerprint density at radius 3 is 2.77 bits per heavy atom. The van der Waals surface area contributed by atoms with Crippen LogP contribution < -0.4 is 10.2 Å². The monoisotopic (exact) mass is 296 g/mol. The number of hydrogen-bond donors (Lipinski definition) is 1. The van der Waals surface area contributed by atoms with Crippen LogP contribution in [0.25, 0.3) is 0 Å². The molecule has 1 N–H and O–H groups in total. The summed E-state index contributed by atoms with van der Waals surface area (Å²) in [6.07, 6.45) is 5.09. The Morgan fingerprint density at radius 1 is 1.32 bits per heavy atom. The van der Waals surface area contributed by atoms with Gasteiger partial charge in [-0.1, -0.05) is 25.1 Å². The number of para-hydroxylation sites is 1. The lowest BCUT2D eigenvalue weighted by atomic mass is 10.1. The standard InChI is InChI=1S/C17H20N4O/c1-3-8-18-17-19-10-14(11-20-17)16(22)21-12(2)9-13-6-4-5-7-15(13)21/h4-7,10-12H,3,8-9H2,1-2H3,(H,18,19,20). The molecule has 5 heteroatoms. The summed E-state index contributed by atoms with van der Waals surface area (Å²) in [4.78, 5) is 23.1. The molecule has 1 aromatic heterocycles. The third-order valence-electron chi connectivity index (χ3n) is 3.86. The van der Waals surface area contributed by atoms with Gasteiger partial charge in [-0.2, -0.15) is 0 Å². The largest absolute Gasteiger partial charge is 0.354 e. The zero-order chi connectivity index (χ0) is 15.5. The molecule has 1 atom stereocenters. The molecular formula is C17H20N4O. The van der Waals surface area contributed by atoms with Crippen LogP contribution in [-0.4, -0.2) is 28.5 Å². The topological polar surface area (TPSA) is 58.1 Å². The number of rotatable bonds is 4. The van der Waals surface area contributed by atoms with E-state index in [1.54, 1.807) is 12.4 Å². The Kier molecular flexibility index (Phi) is 4.04. The van der Waals surface area contributed by atoms with Crippen molar-refractivity contribution in [3.8, 4) is 0 Å². The molecule has 5 nitrogen and oxygen atoms in total. The molecule has 1 aliphatic heterocycles. The van der Waals surface area contributed by atoms with Crippen LogP contribution in [0.3, 0.4) is 0 Å². The number of hydrogen-bond acceptors (Lipinski definition) is 4. The molecule has 0 spiro atoms. The van der Waals surface area contributed by atoms with E-state index >= 15 is 0 Å². The minimum atomic E-state index is -0.0421. The van der Waals surface area contributed by atoms with Crippen LogP contribution in [0, 0.1) is 0 Å². The molecule has 22 heavy (non-hydrogen) atoms. The Balaban J connectivity index is 1.82. The van der Waals surface area contributed by atoms with E-state index in [1.165, 1.54) is 5.56 Å². The summed E-state index contributed by atoms with van der Waals surface area (Å²) in [6, 6.07) is 8.20. The average molecular weight is 296 g/mol. The van der Waals surface area contributed by atoms with E-state index in [0.29, 0.717) is 11.5 Å². The van der Waals surface area contributed by atoms with Gasteiger partial charge in [-0.15, -0.1) is 0 Å². The second-order valence-electron chi connectivity index (χ2n) is 5.58. The lowest BCUT2D eigenvalue weighted by Gasteiger charge is -2.22. The summed E-state index contributed by atoms with van der Waals surface area (Å²) >= 11 is 0. The van der Waals surface area contributed by atoms with E-state index in [4.69, 9.17) is 0 Å². The lowest BCUT2D eigenvalue weighted by Crippen LogP contribution is -2.35. The van der Waals surface area contributed by atoms with Crippen LogP contribution in [0.15, 0.2) is 36.7 Å². The maximum Gasteiger partial charge on any atom is 0.261 e. The summed E-state index contributed by atoms with van der Waals surface area (Å²) in [5, 5.41) is 3.11. The van der Waals surface area contributed by atoms with Crippen LogP contribution >= 0.6 is 0 Å². The second kappa shape index (κ2) is 6.13. The molecule has 0 aliphatic carbocycles.